The number of thiophene rings is 1. The lowest BCUT2D eigenvalue weighted by atomic mass is 10.3. The van der Waals surface area contributed by atoms with E-state index in [0.717, 1.165) is 0 Å². The monoisotopic (exact) mass is 318 g/mol. The Hall–Kier alpha value is -2.99. The number of nitrogens with zero attached hydrogens (tertiary/aromatic N) is 3. The topological polar surface area (TPSA) is 118 Å². The average molecular weight is 318 g/mol. The van der Waals surface area contributed by atoms with E-state index in [2.05, 4.69) is 10.3 Å². The number of carbonyl (C=O) groups excluding carboxylic acids is 1. The van der Waals surface area contributed by atoms with Crippen molar-refractivity contribution in [3.63, 3.8) is 0 Å². The molecule has 8 nitrogen and oxygen atoms in total. The summed E-state index contributed by atoms with van der Waals surface area (Å²) in [7, 11) is 0. The number of rotatable bonds is 5. The van der Waals surface area contributed by atoms with Gasteiger partial charge in [0.25, 0.3) is 5.91 Å². The number of nitro groups is 1. The predicted octanol–water partition coefficient (Wildman–Crippen LogP) is 2.33. The Bertz CT molecular complexity index is 752. The van der Waals surface area contributed by atoms with Crippen LogP contribution in [-0.4, -0.2) is 21.9 Å². The largest absolute Gasteiger partial charge is 0.473 e. The summed E-state index contributed by atoms with van der Waals surface area (Å²) in [6.45, 7) is 1.45. The molecule has 2 aromatic heterocycles. The van der Waals surface area contributed by atoms with Crippen LogP contribution in [0.4, 0.5) is 10.8 Å². The summed E-state index contributed by atoms with van der Waals surface area (Å²) in [6.07, 6.45) is 0.275. The molecule has 1 N–H and O–H groups in total. The van der Waals surface area contributed by atoms with E-state index in [9.17, 15) is 14.9 Å². The van der Waals surface area contributed by atoms with Gasteiger partial charge in [-0.3, -0.25) is 4.79 Å². The molecule has 2 rings (SSSR count). The van der Waals surface area contributed by atoms with Crippen molar-refractivity contribution in [2.75, 3.05) is 5.32 Å². The molecular weight excluding hydrogens is 308 g/mol. The molecule has 0 spiro atoms. The number of aromatic nitrogens is 1. The maximum Gasteiger partial charge on any atom is 0.406 e. The van der Waals surface area contributed by atoms with Crippen molar-refractivity contribution in [3.05, 3.63) is 45.5 Å². The molecule has 1 atom stereocenters. The van der Waals surface area contributed by atoms with E-state index in [0.29, 0.717) is 10.6 Å². The second-order valence-electron chi connectivity index (χ2n) is 4.11. The van der Waals surface area contributed by atoms with Crippen LogP contribution in [0.15, 0.2) is 29.8 Å². The van der Waals surface area contributed by atoms with Gasteiger partial charge in [-0.1, -0.05) is 0 Å². The fraction of sp³-hybridized carbons (Fsp3) is 0.154. The molecule has 0 aliphatic carbocycles. The smallest absolute Gasteiger partial charge is 0.406 e. The highest BCUT2D eigenvalue weighted by atomic mass is 32.1. The van der Waals surface area contributed by atoms with E-state index in [4.69, 9.17) is 10.00 Å². The van der Waals surface area contributed by atoms with Gasteiger partial charge < -0.3 is 20.2 Å². The number of carbonyl (C=O) groups is 1. The predicted molar refractivity (Wildman–Crippen MR) is 78.6 cm³/mol. The quantitative estimate of drug-likeness (QED) is 0.667. The molecule has 0 saturated heterocycles. The minimum atomic E-state index is -0.989. The Morgan fingerprint density at radius 3 is 3.05 bits per heavy atom. The van der Waals surface area contributed by atoms with Gasteiger partial charge in [-0.2, -0.15) is 5.26 Å². The number of amides is 1. The van der Waals surface area contributed by atoms with Gasteiger partial charge in [-0.15, -0.1) is 11.3 Å². The third kappa shape index (κ3) is 3.36. The molecule has 112 valence electrons. The van der Waals surface area contributed by atoms with Crippen molar-refractivity contribution in [2.45, 2.75) is 13.0 Å². The van der Waals surface area contributed by atoms with Gasteiger partial charge in [-0.25, -0.2) is 0 Å². The molecule has 0 aromatic carbocycles. The highest BCUT2D eigenvalue weighted by Gasteiger charge is 2.22. The molecule has 0 fully saturated rings. The molecule has 0 aliphatic rings. The van der Waals surface area contributed by atoms with Crippen molar-refractivity contribution < 1.29 is 14.5 Å². The number of anilines is 1. The average Bonchev–Trinajstić information content (AvgIpc) is 2.94. The van der Waals surface area contributed by atoms with Crippen LogP contribution in [0.1, 0.15) is 12.5 Å². The first-order valence-corrected chi connectivity index (χ1v) is 6.95. The molecule has 0 bridgehead atoms. The Kier molecular flexibility index (Phi) is 4.65. The fourth-order valence-corrected chi connectivity index (χ4v) is 2.30. The summed E-state index contributed by atoms with van der Waals surface area (Å²) in [4.78, 5) is 25.8. The third-order valence-electron chi connectivity index (χ3n) is 2.62. The number of hydrogen-bond acceptors (Lipinski definition) is 7. The van der Waals surface area contributed by atoms with Crippen LogP contribution < -0.4 is 10.1 Å². The Balaban J connectivity index is 2.10. The Morgan fingerprint density at radius 1 is 1.59 bits per heavy atom. The SMILES string of the molecule is CC(Oc1cccnc1[N+](=O)[O-])C(=O)Nc1sccc1C#N. The third-order valence-corrected chi connectivity index (χ3v) is 3.45. The van der Waals surface area contributed by atoms with Crippen molar-refractivity contribution in [2.24, 2.45) is 0 Å². The summed E-state index contributed by atoms with van der Waals surface area (Å²) in [5.41, 5.74) is 0.345. The molecule has 1 amide bonds. The van der Waals surface area contributed by atoms with Crippen LogP contribution in [0.5, 0.6) is 5.75 Å². The van der Waals surface area contributed by atoms with Crippen molar-refractivity contribution in [1.82, 2.24) is 4.98 Å². The van der Waals surface area contributed by atoms with Gasteiger partial charge in [0.2, 0.25) is 5.75 Å². The van der Waals surface area contributed by atoms with Gasteiger partial charge >= 0.3 is 5.82 Å². The van der Waals surface area contributed by atoms with E-state index >= 15 is 0 Å². The number of nitriles is 1. The Morgan fingerprint density at radius 2 is 2.36 bits per heavy atom. The molecule has 2 aromatic rings. The molecule has 0 aliphatic heterocycles. The summed E-state index contributed by atoms with van der Waals surface area (Å²) >= 11 is 1.20. The molecule has 2 heterocycles. The van der Waals surface area contributed by atoms with E-state index in [1.807, 2.05) is 6.07 Å². The van der Waals surface area contributed by atoms with Gasteiger partial charge in [-0.05, 0) is 40.4 Å². The number of nitrogens with one attached hydrogen (secondary N) is 1. The first kappa shape index (κ1) is 15.4. The number of ether oxygens (including phenoxy) is 1. The first-order chi connectivity index (χ1) is 10.5. The minimum absolute atomic E-state index is 0.0955. The molecule has 0 radical (unpaired) electrons. The van der Waals surface area contributed by atoms with Crippen molar-refractivity contribution in [3.8, 4) is 11.8 Å². The minimum Gasteiger partial charge on any atom is -0.473 e. The summed E-state index contributed by atoms with van der Waals surface area (Å²) in [6, 6.07) is 6.36. The molecule has 22 heavy (non-hydrogen) atoms. The highest BCUT2D eigenvalue weighted by molar-refractivity contribution is 7.14. The van der Waals surface area contributed by atoms with Crippen LogP contribution in [0, 0.1) is 21.4 Å². The van der Waals surface area contributed by atoms with Gasteiger partial charge in [0.05, 0.1) is 5.56 Å². The van der Waals surface area contributed by atoms with E-state index in [1.54, 1.807) is 11.4 Å². The maximum atomic E-state index is 12.0. The summed E-state index contributed by atoms with van der Waals surface area (Å²) in [5.74, 6) is -1.07. The van der Waals surface area contributed by atoms with Crippen molar-refractivity contribution in [1.29, 1.82) is 5.26 Å². The van der Waals surface area contributed by atoms with E-state index in [-0.39, 0.29) is 5.75 Å². The number of hydrogen-bond donors (Lipinski definition) is 1. The normalized spacial score (nSPS) is 11.3. The van der Waals surface area contributed by atoms with Crippen LogP contribution in [0.3, 0.4) is 0 Å². The van der Waals surface area contributed by atoms with Gasteiger partial charge in [0.1, 0.15) is 17.3 Å². The second-order valence-corrected chi connectivity index (χ2v) is 5.02. The molecule has 0 saturated carbocycles. The number of pyridine rings is 1. The van der Waals surface area contributed by atoms with Crippen LogP contribution in [0.2, 0.25) is 0 Å². The lowest BCUT2D eigenvalue weighted by Gasteiger charge is -2.13. The van der Waals surface area contributed by atoms with Crippen LogP contribution in [0.25, 0.3) is 0 Å². The van der Waals surface area contributed by atoms with E-state index < -0.39 is 22.8 Å². The lowest BCUT2D eigenvalue weighted by molar-refractivity contribution is -0.390. The zero-order chi connectivity index (χ0) is 16.1. The summed E-state index contributed by atoms with van der Waals surface area (Å²) in [5, 5.41) is 24.4. The van der Waals surface area contributed by atoms with Gasteiger partial charge in [0.15, 0.2) is 6.10 Å². The molecular formula is C13H10N4O4S. The lowest BCUT2D eigenvalue weighted by Crippen LogP contribution is -2.30. The van der Waals surface area contributed by atoms with Crippen molar-refractivity contribution >= 4 is 28.1 Å². The fourth-order valence-electron chi connectivity index (χ4n) is 1.56. The van der Waals surface area contributed by atoms with Crippen LogP contribution >= 0.6 is 11.3 Å². The zero-order valence-corrected chi connectivity index (χ0v) is 12.2. The zero-order valence-electron chi connectivity index (χ0n) is 11.3. The highest BCUT2D eigenvalue weighted by Crippen LogP contribution is 2.25. The molecule has 1 unspecified atom stereocenters. The van der Waals surface area contributed by atoms with Gasteiger partial charge in [0, 0.05) is 0 Å². The second kappa shape index (κ2) is 6.64. The maximum absolute atomic E-state index is 12.0. The van der Waals surface area contributed by atoms with Crippen LogP contribution in [-0.2, 0) is 4.79 Å². The summed E-state index contributed by atoms with van der Waals surface area (Å²) < 4.78 is 5.30. The van der Waals surface area contributed by atoms with E-state index in [1.165, 1.54) is 36.6 Å². The Labute approximate surface area is 129 Å². The molecule has 9 heteroatoms. The first-order valence-electron chi connectivity index (χ1n) is 6.07. The standard InChI is InChI=1S/C13H10N4O4S/c1-8(12(18)16-13-9(7-14)4-6-22-13)21-10-3-2-5-15-11(10)17(19)20/h2-6,8H,1H3,(H,16,18).